The topological polar surface area (TPSA) is 237 Å². The summed E-state index contributed by atoms with van der Waals surface area (Å²) < 4.78 is 68.7. The molecule has 0 fully saturated rings. The van der Waals surface area contributed by atoms with E-state index in [1.807, 2.05) is 0 Å². The summed E-state index contributed by atoms with van der Waals surface area (Å²) in [5.74, 6) is -0.663. The molecule has 0 aromatic heterocycles. The van der Waals surface area contributed by atoms with Gasteiger partial charge in [-0.05, 0) is 37.5 Å². The number of unbranched alkanes of at least 4 members (excludes halogenated alkanes) is 52. The molecule has 0 amide bonds. The Kier molecular flexibility index (Phi) is 74.1. The summed E-state index contributed by atoms with van der Waals surface area (Å²) >= 11 is 0. The smallest absolute Gasteiger partial charge is 0.462 e. The maximum atomic E-state index is 13.1. The zero-order chi connectivity index (χ0) is 75.6. The SMILES string of the molecule is CCCCCCCCCCCCCCCCCCCCCCCCC(=O)O[C@H](COC(=O)CCCCCCCCCCCCCCCCCCCCCC)COP(=O)(O)OC[C@@H](O)COP(=O)(O)OC[C@@H](COC(=O)CCCCCCCCC(C)C)OC(=O)CCCCCCCCCCC(C)CC. The normalized spacial score (nSPS) is 14.1. The van der Waals surface area contributed by atoms with Gasteiger partial charge in [0.2, 0.25) is 0 Å². The lowest BCUT2D eigenvalue weighted by atomic mass is 9.99. The molecule has 17 nitrogen and oxygen atoms in total. The van der Waals surface area contributed by atoms with E-state index in [2.05, 4.69) is 41.5 Å². The highest BCUT2D eigenvalue weighted by Gasteiger charge is 2.30. The number of aliphatic hydroxyl groups excluding tert-OH is 1. The quantitative estimate of drug-likeness (QED) is 0.0222. The number of carbonyl (C=O) groups excluding carboxylic acids is 4. The van der Waals surface area contributed by atoms with Gasteiger partial charge < -0.3 is 33.8 Å². The fraction of sp³-hybridized carbons (Fsp3) is 0.952. The van der Waals surface area contributed by atoms with Crippen molar-refractivity contribution in [3.63, 3.8) is 0 Å². The van der Waals surface area contributed by atoms with Gasteiger partial charge in [-0.25, -0.2) is 9.13 Å². The standard InChI is InChI=1S/C84H164O17P2/c1-7-10-12-14-16-18-20-22-24-26-28-30-31-33-35-37-39-41-43-48-56-62-68-83(88)100-79(72-94-81(86)66-60-54-47-42-40-38-36-34-32-29-27-25-23-21-19-17-15-13-11-8-2)74-98-102(90,91)96-70-78(85)71-97-103(92,93)99-75-80(73-95-82(87)67-61-55-51-50-52-58-64-76(4)5)101-84(89)69-63-57-49-45-44-46-53-59-65-77(6)9-3/h76-80,85H,7-75H2,1-6H3,(H,90,91)(H,92,93)/t77?,78-,79-,80-/m1/s1. The van der Waals surface area contributed by atoms with E-state index in [4.69, 9.17) is 37.0 Å². The second kappa shape index (κ2) is 75.5. The largest absolute Gasteiger partial charge is 0.472 e. The van der Waals surface area contributed by atoms with Crippen molar-refractivity contribution in [1.29, 1.82) is 0 Å². The Balaban J connectivity index is 5.18. The van der Waals surface area contributed by atoms with Crippen LogP contribution in [0.15, 0.2) is 0 Å². The second-order valence-corrected chi connectivity index (χ2v) is 33.8. The van der Waals surface area contributed by atoms with Crippen molar-refractivity contribution in [3.8, 4) is 0 Å². The van der Waals surface area contributed by atoms with Crippen LogP contribution in [0.1, 0.15) is 446 Å². The highest BCUT2D eigenvalue weighted by molar-refractivity contribution is 7.47. The molecule has 0 aliphatic rings. The van der Waals surface area contributed by atoms with Crippen LogP contribution in [0.5, 0.6) is 0 Å². The minimum Gasteiger partial charge on any atom is -0.462 e. The molecule has 0 spiro atoms. The molecule has 0 bridgehead atoms. The number of hydrogen-bond acceptors (Lipinski definition) is 15. The number of rotatable bonds is 83. The number of hydrogen-bond donors (Lipinski definition) is 3. The summed E-state index contributed by atoms with van der Waals surface area (Å²) in [6.07, 6.45) is 67.1. The van der Waals surface area contributed by atoms with Crippen LogP contribution in [0.3, 0.4) is 0 Å². The lowest BCUT2D eigenvalue weighted by Crippen LogP contribution is -2.30. The van der Waals surface area contributed by atoms with E-state index in [9.17, 15) is 43.2 Å². The minimum atomic E-state index is -4.96. The van der Waals surface area contributed by atoms with Crippen LogP contribution in [0.2, 0.25) is 0 Å². The Hall–Kier alpha value is -1.94. The molecule has 0 heterocycles. The van der Waals surface area contributed by atoms with E-state index in [0.29, 0.717) is 31.6 Å². The maximum Gasteiger partial charge on any atom is 0.472 e. The molecule has 0 aliphatic heterocycles. The van der Waals surface area contributed by atoms with Gasteiger partial charge in [0.05, 0.1) is 26.4 Å². The lowest BCUT2D eigenvalue weighted by molar-refractivity contribution is -0.161. The highest BCUT2D eigenvalue weighted by atomic mass is 31.2. The van der Waals surface area contributed by atoms with Gasteiger partial charge in [0.25, 0.3) is 0 Å². The number of carbonyl (C=O) groups is 4. The van der Waals surface area contributed by atoms with Crippen LogP contribution in [0.25, 0.3) is 0 Å². The van der Waals surface area contributed by atoms with Crippen LogP contribution in [-0.4, -0.2) is 96.7 Å². The van der Waals surface area contributed by atoms with Crippen LogP contribution < -0.4 is 0 Å². The van der Waals surface area contributed by atoms with Gasteiger partial charge in [-0.3, -0.25) is 37.3 Å². The van der Waals surface area contributed by atoms with Crippen molar-refractivity contribution in [2.75, 3.05) is 39.6 Å². The van der Waals surface area contributed by atoms with Crippen LogP contribution >= 0.6 is 15.6 Å². The Morgan fingerprint density at radius 1 is 0.282 bits per heavy atom. The van der Waals surface area contributed by atoms with E-state index in [1.165, 1.54) is 257 Å². The number of phosphoric acid groups is 2. The molecule has 3 N–H and O–H groups in total. The van der Waals surface area contributed by atoms with Gasteiger partial charge in [0, 0.05) is 25.7 Å². The molecular weight excluding hydrogens is 1340 g/mol. The second-order valence-electron chi connectivity index (χ2n) is 30.9. The van der Waals surface area contributed by atoms with Crippen molar-refractivity contribution in [1.82, 2.24) is 0 Å². The fourth-order valence-electron chi connectivity index (χ4n) is 13.0. The zero-order valence-electron chi connectivity index (χ0n) is 67.6. The molecule has 612 valence electrons. The van der Waals surface area contributed by atoms with Crippen molar-refractivity contribution in [3.05, 3.63) is 0 Å². The Morgan fingerprint density at radius 2 is 0.495 bits per heavy atom. The first-order chi connectivity index (χ1) is 49.9. The van der Waals surface area contributed by atoms with E-state index >= 15 is 0 Å². The van der Waals surface area contributed by atoms with Gasteiger partial charge in [-0.2, -0.15) is 0 Å². The van der Waals surface area contributed by atoms with E-state index in [1.54, 1.807) is 0 Å². The van der Waals surface area contributed by atoms with Crippen molar-refractivity contribution in [2.24, 2.45) is 11.8 Å². The summed E-state index contributed by atoms with van der Waals surface area (Å²) in [6, 6.07) is 0. The van der Waals surface area contributed by atoms with Crippen molar-refractivity contribution in [2.45, 2.75) is 464 Å². The molecule has 0 radical (unpaired) electrons. The van der Waals surface area contributed by atoms with Gasteiger partial charge in [-0.15, -0.1) is 0 Å². The molecule has 0 rings (SSSR count). The van der Waals surface area contributed by atoms with Crippen LogP contribution in [0, 0.1) is 11.8 Å². The van der Waals surface area contributed by atoms with Gasteiger partial charge >= 0.3 is 39.5 Å². The number of aliphatic hydroxyl groups is 1. The summed E-state index contributed by atoms with van der Waals surface area (Å²) in [6.45, 7) is 9.55. The highest BCUT2D eigenvalue weighted by Crippen LogP contribution is 2.45. The summed E-state index contributed by atoms with van der Waals surface area (Å²) in [7, 11) is -9.92. The molecule has 103 heavy (non-hydrogen) atoms. The van der Waals surface area contributed by atoms with E-state index < -0.39 is 97.5 Å². The summed E-state index contributed by atoms with van der Waals surface area (Å²) in [4.78, 5) is 73.0. The molecule has 6 atom stereocenters. The molecule has 3 unspecified atom stereocenters. The first-order valence-corrected chi connectivity index (χ1v) is 46.5. The molecule has 0 aliphatic carbocycles. The third-order valence-corrected chi connectivity index (χ3v) is 22.0. The van der Waals surface area contributed by atoms with Gasteiger partial charge in [0.1, 0.15) is 19.3 Å². The predicted molar refractivity (Wildman–Crippen MR) is 423 cm³/mol. The van der Waals surface area contributed by atoms with E-state index in [0.717, 1.165) is 102 Å². The monoisotopic (exact) mass is 1510 g/mol. The number of ether oxygens (including phenoxy) is 4. The molecular formula is C84H164O17P2. The maximum absolute atomic E-state index is 13.1. The summed E-state index contributed by atoms with van der Waals surface area (Å²) in [5.41, 5.74) is 0. The van der Waals surface area contributed by atoms with Crippen molar-refractivity contribution >= 4 is 39.5 Å². The molecule has 0 saturated carbocycles. The Morgan fingerprint density at radius 3 is 0.738 bits per heavy atom. The van der Waals surface area contributed by atoms with Crippen LogP contribution in [-0.2, 0) is 65.4 Å². The first kappa shape index (κ1) is 101. The lowest BCUT2D eigenvalue weighted by Gasteiger charge is -2.21. The third kappa shape index (κ3) is 76.6. The molecule has 19 heteroatoms. The van der Waals surface area contributed by atoms with Crippen LogP contribution in [0.4, 0.5) is 0 Å². The zero-order valence-corrected chi connectivity index (χ0v) is 69.4. The average molecular weight is 1510 g/mol. The Labute approximate surface area is 632 Å². The molecule has 0 saturated heterocycles. The minimum absolute atomic E-state index is 0.104. The average Bonchev–Trinajstić information content (AvgIpc) is 0.929. The van der Waals surface area contributed by atoms with E-state index in [-0.39, 0.29) is 25.7 Å². The first-order valence-electron chi connectivity index (χ1n) is 43.5. The van der Waals surface area contributed by atoms with Gasteiger partial charge in [0.15, 0.2) is 12.2 Å². The summed E-state index contributed by atoms with van der Waals surface area (Å²) in [5, 5.41) is 10.6. The molecule has 0 aromatic rings. The number of phosphoric ester groups is 2. The van der Waals surface area contributed by atoms with Gasteiger partial charge in [-0.1, -0.05) is 395 Å². The molecule has 0 aromatic carbocycles. The third-order valence-electron chi connectivity index (χ3n) is 20.1. The Bertz CT molecular complexity index is 1980. The number of esters is 4. The fourth-order valence-corrected chi connectivity index (χ4v) is 14.6. The van der Waals surface area contributed by atoms with Crippen molar-refractivity contribution < 1.29 is 80.2 Å². The predicted octanol–water partition coefficient (Wildman–Crippen LogP) is 25.5.